The second-order valence-electron chi connectivity index (χ2n) is 6.63. The fraction of sp³-hybridized carbons (Fsp3) is 0.684. The molecule has 0 aromatic heterocycles. The van der Waals surface area contributed by atoms with Gasteiger partial charge in [-0.2, -0.15) is 0 Å². The molecule has 0 spiro atoms. The van der Waals surface area contributed by atoms with Gasteiger partial charge in [-0.15, -0.1) is 0 Å². The van der Waals surface area contributed by atoms with Crippen LogP contribution in [0.1, 0.15) is 44.1 Å². The van der Waals surface area contributed by atoms with E-state index >= 15 is 0 Å². The first kappa shape index (κ1) is 20.9. The number of nitrogens with one attached hydrogen (secondary N) is 2. The molecule has 0 radical (unpaired) electrons. The molecular weight excluding hydrogens is 298 g/mol. The van der Waals surface area contributed by atoms with Gasteiger partial charge >= 0.3 is 0 Å². The number of rotatable bonds is 14. The van der Waals surface area contributed by atoms with Gasteiger partial charge in [0, 0.05) is 30.9 Å². The topological polar surface area (TPSA) is 102 Å². The molecule has 0 amide bonds. The molecular formula is C19H37N5. The number of anilines is 1. The Morgan fingerprint density at radius 1 is 0.917 bits per heavy atom. The largest absolute Gasteiger partial charge is 0.383 e. The van der Waals surface area contributed by atoms with Gasteiger partial charge in [-0.3, -0.25) is 0 Å². The first-order chi connectivity index (χ1) is 11.7. The van der Waals surface area contributed by atoms with Crippen molar-refractivity contribution in [1.29, 1.82) is 0 Å². The highest BCUT2D eigenvalue weighted by Crippen LogP contribution is 2.13. The van der Waals surface area contributed by atoms with E-state index in [1.807, 2.05) is 0 Å². The zero-order valence-electron chi connectivity index (χ0n) is 15.3. The number of hydrogen-bond acceptors (Lipinski definition) is 5. The average Bonchev–Trinajstić information content (AvgIpc) is 2.58. The van der Waals surface area contributed by atoms with Crippen LogP contribution in [0, 0.1) is 6.92 Å². The Morgan fingerprint density at radius 2 is 1.58 bits per heavy atom. The molecule has 0 heterocycles. The quantitative estimate of drug-likeness (QED) is 0.334. The second kappa shape index (κ2) is 13.2. The smallest absolute Gasteiger partial charge is 0.0370 e. The Morgan fingerprint density at radius 3 is 2.25 bits per heavy atom. The van der Waals surface area contributed by atoms with Crippen LogP contribution in [0.15, 0.2) is 24.3 Å². The molecule has 0 saturated carbocycles. The van der Waals surface area contributed by atoms with Crippen molar-refractivity contribution in [2.24, 2.45) is 17.2 Å². The number of nitrogens with two attached hydrogens (primary N) is 3. The Hall–Kier alpha value is -1.14. The third kappa shape index (κ3) is 9.23. The summed E-state index contributed by atoms with van der Waals surface area (Å²) < 4.78 is 0. The van der Waals surface area contributed by atoms with Gasteiger partial charge in [0.1, 0.15) is 0 Å². The molecule has 0 aliphatic rings. The first-order valence-corrected chi connectivity index (χ1v) is 9.36. The van der Waals surface area contributed by atoms with Crippen molar-refractivity contribution < 1.29 is 0 Å². The van der Waals surface area contributed by atoms with Gasteiger partial charge in [0.25, 0.3) is 0 Å². The van der Waals surface area contributed by atoms with Crippen molar-refractivity contribution >= 4 is 5.69 Å². The molecule has 0 aliphatic carbocycles. The maximum atomic E-state index is 6.21. The fourth-order valence-electron chi connectivity index (χ4n) is 2.79. The molecule has 5 heteroatoms. The molecule has 1 rings (SSSR count). The molecule has 5 nitrogen and oxygen atoms in total. The molecule has 2 atom stereocenters. The van der Waals surface area contributed by atoms with Crippen molar-refractivity contribution in [1.82, 2.24) is 5.32 Å². The normalized spacial score (nSPS) is 13.7. The van der Waals surface area contributed by atoms with Gasteiger partial charge in [-0.1, -0.05) is 31.0 Å². The van der Waals surface area contributed by atoms with Crippen molar-refractivity contribution in [2.75, 3.05) is 31.5 Å². The van der Waals surface area contributed by atoms with Gasteiger partial charge in [-0.05, 0) is 57.3 Å². The second-order valence-corrected chi connectivity index (χ2v) is 6.63. The highest BCUT2D eigenvalue weighted by molar-refractivity contribution is 5.50. The standard InChI is InChI=1S/C19H37N5/c1-16-8-2-3-11-19(16)24-15-18(10-5-7-13-21)23-14-17(22)9-4-6-12-20/h2-3,8,11,17-18,23-24H,4-7,9-10,12-15,20-22H2,1H3/t17-,18-/m0/s1. The predicted molar refractivity (Wildman–Crippen MR) is 105 cm³/mol. The summed E-state index contributed by atoms with van der Waals surface area (Å²) in [5.74, 6) is 0. The minimum Gasteiger partial charge on any atom is -0.383 e. The molecule has 0 fully saturated rings. The van der Waals surface area contributed by atoms with Crippen molar-refractivity contribution in [3.8, 4) is 0 Å². The Kier molecular flexibility index (Phi) is 11.5. The summed E-state index contributed by atoms with van der Waals surface area (Å²) in [5.41, 5.74) is 19.8. The Labute approximate surface area is 147 Å². The fourth-order valence-corrected chi connectivity index (χ4v) is 2.79. The monoisotopic (exact) mass is 335 g/mol. The van der Waals surface area contributed by atoms with Gasteiger partial charge in [0.2, 0.25) is 0 Å². The summed E-state index contributed by atoms with van der Waals surface area (Å²) in [6.07, 6.45) is 6.54. The molecule has 0 aliphatic heterocycles. The minimum atomic E-state index is 0.201. The highest BCUT2D eigenvalue weighted by Gasteiger charge is 2.11. The Bertz CT molecular complexity index is 424. The van der Waals surface area contributed by atoms with Crippen molar-refractivity contribution in [3.63, 3.8) is 0 Å². The van der Waals surface area contributed by atoms with Crippen LogP contribution in [0.25, 0.3) is 0 Å². The van der Waals surface area contributed by atoms with Crippen LogP contribution in [-0.2, 0) is 0 Å². The van der Waals surface area contributed by atoms with Crippen LogP contribution in [-0.4, -0.2) is 38.3 Å². The van der Waals surface area contributed by atoms with Crippen LogP contribution in [0.2, 0.25) is 0 Å². The summed E-state index contributed by atoms with van der Waals surface area (Å²) in [7, 11) is 0. The maximum absolute atomic E-state index is 6.21. The third-order valence-electron chi connectivity index (χ3n) is 4.39. The lowest BCUT2D eigenvalue weighted by Crippen LogP contribution is -2.42. The number of benzene rings is 1. The average molecular weight is 336 g/mol. The van der Waals surface area contributed by atoms with E-state index in [1.54, 1.807) is 0 Å². The SMILES string of the molecule is Cc1ccccc1NC[C@H](CCCCN)NC[C@@H](N)CCCCN. The minimum absolute atomic E-state index is 0.201. The lowest BCUT2D eigenvalue weighted by atomic mass is 10.1. The molecule has 138 valence electrons. The first-order valence-electron chi connectivity index (χ1n) is 9.36. The van der Waals surface area contributed by atoms with Gasteiger partial charge in [0.05, 0.1) is 0 Å². The zero-order valence-corrected chi connectivity index (χ0v) is 15.3. The van der Waals surface area contributed by atoms with Crippen LogP contribution < -0.4 is 27.8 Å². The van der Waals surface area contributed by atoms with Gasteiger partial charge < -0.3 is 27.8 Å². The molecule has 0 saturated heterocycles. The van der Waals surface area contributed by atoms with E-state index in [1.165, 1.54) is 11.3 Å². The van der Waals surface area contributed by atoms with Crippen LogP contribution >= 0.6 is 0 Å². The van der Waals surface area contributed by atoms with Crippen LogP contribution in [0.5, 0.6) is 0 Å². The number of para-hydroxylation sites is 1. The zero-order chi connectivity index (χ0) is 17.6. The van der Waals surface area contributed by atoms with E-state index in [4.69, 9.17) is 17.2 Å². The van der Waals surface area contributed by atoms with E-state index < -0.39 is 0 Å². The number of aryl methyl sites for hydroxylation is 1. The summed E-state index contributed by atoms with van der Waals surface area (Å²) in [5, 5.41) is 7.20. The van der Waals surface area contributed by atoms with E-state index in [0.717, 1.165) is 64.7 Å². The van der Waals surface area contributed by atoms with Gasteiger partial charge in [0.15, 0.2) is 0 Å². The maximum Gasteiger partial charge on any atom is 0.0370 e. The van der Waals surface area contributed by atoms with Crippen LogP contribution in [0.3, 0.4) is 0 Å². The summed E-state index contributed by atoms with van der Waals surface area (Å²) in [6, 6.07) is 9.01. The molecule has 0 bridgehead atoms. The Balaban J connectivity index is 2.40. The van der Waals surface area contributed by atoms with Crippen molar-refractivity contribution in [3.05, 3.63) is 29.8 Å². The van der Waals surface area contributed by atoms with Crippen LogP contribution in [0.4, 0.5) is 5.69 Å². The van der Waals surface area contributed by atoms with E-state index in [-0.39, 0.29) is 6.04 Å². The summed E-state index contributed by atoms with van der Waals surface area (Å²) >= 11 is 0. The molecule has 8 N–H and O–H groups in total. The van der Waals surface area contributed by atoms with E-state index in [2.05, 4.69) is 41.8 Å². The lowest BCUT2D eigenvalue weighted by molar-refractivity contribution is 0.438. The summed E-state index contributed by atoms with van der Waals surface area (Å²) in [6.45, 7) is 5.41. The van der Waals surface area contributed by atoms with E-state index in [0.29, 0.717) is 6.04 Å². The molecule has 1 aromatic carbocycles. The van der Waals surface area contributed by atoms with E-state index in [9.17, 15) is 0 Å². The molecule has 0 unspecified atom stereocenters. The number of unbranched alkanes of at least 4 members (excludes halogenated alkanes) is 2. The van der Waals surface area contributed by atoms with Gasteiger partial charge in [-0.25, -0.2) is 0 Å². The third-order valence-corrected chi connectivity index (χ3v) is 4.39. The predicted octanol–water partition coefficient (Wildman–Crippen LogP) is 1.95. The van der Waals surface area contributed by atoms with Crippen molar-refractivity contribution in [2.45, 2.75) is 57.5 Å². The highest BCUT2D eigenvalue weighted by atomic mass is 15.0. The molecule has 24 heavy (non-hydrogen) atoms. The molecule has 1 aromatic rings. The number of hydrogen-bond donors (Lipinski definition) is 5. The lowest BCUT2D eigenvalue weighted by Gasteiger charge is -2.23. The summed E-state index contributed by atoms with van der Waals surface area (Å²) in [4.78, 5) is 0.